The van der Waals surface area contributed by atoms with Crippen molar-refractivity contribution < 1.29 is 18.3 Å². The van der Waals surface area contributed by atoms with Crippen LogP contribution in [0.5, 0.6) is 0 Å². The highest BCUT2D eigenvalue weighted by atomic mass is 19.1. The Balaban J connectivity index is 2.05. The van der Waals surface area contributed by atoms with Gasteiger partial charge in [0.15, 0.2) is 5.60 Å². The van der Waals surface area contributed by atoms with Gasteiger partial charge in [0.1, 0.15) is 17.5 Å². The van der Waals surface area contributed by atoms with E-state index in [0.717, 1.165) is 32.4 Å². The van der Waals surface area contributed by atoms with Gasteiger partial charge in [0.05, 0.1) is 5.56 Å². The van der Waals surface area contributed by atoms with Gasteiger partial charge in [-0.15, -0.1) is 0 Å². The molecule has 5 N–H and O–H groups in total. The van der Waals surface area contributed by atoms with Crippen LogP contribution in [0.25, 0.3) is 0 Å². The Hall–Kier alpha value is -2.84. The van der Waals surface area contributed by atoms with Crippen LogP contribution in [0.4, 0.5) is 8.78 Å². The minimum absolute atomic E-state index is 0.0315. The molecule has 0 saturated carbocycles. The molecule has 32 heavy (non-hydrogen) atoms. The average Bonchev–Trinajstić information content (AvgIpc) is 2.77. The molecular weight excluding hydrogens is 414 g/mol. The molecule has 8 heteroatoms. The molecular formula is C24H30F2N4O2. The number of hydrogen-bond donors (Lipinski definition) is 3. The fourth-order valence-corrected chi connectivity index (χ4v) is 4.28. The van der Waals surface area contributed by atoms with Crippen LogP contribution < -0.4 is 11.5 Å². The molecule has 1 unspecified atom stereocenters. The SMILES string of the molecule is CCOC(Cc1ccc(C(=N)N)cc1)(C(N)=O)c1c(F)ccc(CN2CCCCC2)c1F. The number of nitrogens with one attached hydrogen (secondary N) is 1. The van der Waals surface area contributed by atoms with Gasteiger partial charge in [0.2, 0.25) is 0 Å². The zero-order valence-electron chi connectivity index (χ0n) is 18.3. The van der Waals surface area contributed by atoms with E-state index in [1.165, 1.54) is 12.1 Å². The highest BCUT2D eigenvalue weighted by Gasteiger charge is 2.45. The molecule has 2 aromatic carbocycles. The second-order valence-corrected chi connectivity index (χ2v) is 8.14. The number of ether oxygens (including phenoxy) is 1. The first-order valence-corrected chi connectivity index (χ1v) is 10.9. The Labute approximate surface area is 187 Å². The van der Waals surface area contributed by atoms with Crippen LogP contribution in [0.1, 0.15) is 48.4 Å². The normalized spacial score (nSPS) is 16.5. The molecule has 0 aliphatic carbocycles. The van der Waals surface area contributed by atoms with Crippen LogP contribution in [-0.2, 0) is 28.1 Å². The zero-order valence-corrected chi connectivity index (χ0v) is 18.3. The second kappa shape index (κ2) is 10.2. The fourth-order valence-electron chi connectivity index (χ4n) is 4.28. The summed E-state index contributed by atoms with van der Waals surface area (Å²) < 4.78 is 36.5. The molecule has 1 heterocycles. The maximum absolute atomic E-state index is 15.7. The highest BCUT2D eigenvalue weighted by Crippen LogP contribution is 2.36. The summed E-state index contributed by atoms with van der Waals surface area (Å²) in [6, 6.07) is 9.08. The Bertz CT molecular complexity index is 975. The number of nitrogens with zero attached hydrogens (tertiary/aromatic N) is 1. The number of benzene rings is 2. The van der Waals surface area contributed by atoms with Gasteiger partial charge in [-0.05, 0) is 44.5 Å². The minimum atomic E-state index is -2.02. The number of amidine groups is 1. The van der Waals surface area contributed by atoms with Crippen molar-refractivity contribution in [3.63, 3.8) is 0 Å². The molecule has 1 aliphatic rings. The molecule has 0 aromatic heterocycles. The molecule has 6 nitrogen and oxygen atoms in total. The molecule has 0 spiro atoms. The summed E-state index contributed by atoms with van der Waals surface area (Å²) in [7, 11) is 0. The number of carbonyl (C=O) groups excluding carboxylic acids is 1. The van der Waals surface area contributed by atoms with Crippen LogP contribution in [0.15, 0.2) is 36.4 Å². The maximum Gasteiger partial charge on any atom is 0.254 e. The first-order valence-electron chi connectivity index (χ1n) is 10.9. The number of likely N-dealkylation sites (tertiary alicyclic amines) is 1. The smallest absolute Gasteiger partial charge is 0.254 e. The number of nitrogen functional groups attached to an aromatic ring is 1. The number of amides is 1. The number of primary amides is 1. The van der Waals surface area contributed by atoms with Crippen LogP contribution in [0.2, 0.25) is 0 Å². The van der Waals surface area contributed by atoms with Gasteiger partial charge in [-0.2, -0.15) is 0 Å². The Morgan fingerprint density at radius 3 is 2.31 bits per heavy atom. The monoisotopic (exact) mass is 444 g/mol. The van der Waals surface area contributed by atoms with Crippen LogP contribution in [0.3, 0.4) is 0 Å². The predicted molar refractivity (Wildman–Crippen MR) is 119 cm³/mol. The first kappa shape index (κ1) is 23.8. The summed E-state index contributed by atoms with van der Waals surface area (Å²) in [5.41, 5.74) is 10.1. The predicted octanol–water partition coefficient (Wildman–Crippen LogP) is 3.19. The standard InChI is InChI=1S/C24H30F2N4O2/c1-2-32-24(23(29)31,14-16-6-8-17(9-7-16)22(27)28)20-19(25)11-10-18(21(20)26)15-30-12-4-3-5-13-30/h6-11H,2-5,12-15H2,1H3,(H3,27,28)(H2,29,31). The van der Waals surface area contributed by atoms with E-state index in [4.69, 9.17) is 21.6 Å². The molecule has 1 amide bonds. The van der Waals surface area contributed by atoms with E-state index in [2.05, 4.69) is 4.90 Å². The largest absolute Gasteiger partial charge is 0.384 e. The topological polar surface area (TPSA) is 105 Å². The summed E-state index contributed by atoms with van der Waals surface area (Å²) in [6.45, 7) is 3.70. The minimum Gasteiger partial charge on any atom is -0.384 e. The van der Waals surface area contributed by atoms with Crippen LogP contribution in [0, 0.1) is 17.0 Å². The lowest BCUT2D eigenvalue weighted by Gasteiger charge is -2.33. The van der Waals surface area contributed by atoms with Crippen molar-refractivity contribution in [2.45, 2.75) is 44.8 Å². The van der Waals surface area contributed by atoms with Gasteiger partial charge in [-0.25, -0.2) is 8.78 Å². The molecule has 1 saturated heterocycles. The Morgan fingerprint density at radius 2 is 1.75 bits per heavy atom. The van der Waals surface area contributed by atoms with Crippen LogP contribution >= 0.6 is 0 Å². The number of piperidine rings is 1. The maximum atomic E-state index is 15.7. The number of halogens is 2. The van der Waals surface area contributed by atoms with E-state index >= 15 is 8.78 Å². The third kappa shape index (κ3) is 4.97. The summed E-state index contributed by atoms with van der Waals surface area (Å²) in [5.74, 6) is -2.76. The first-order chi connectivity index (χ1) is 15.3. The van der Waals surface area contributed by atoms with Crippen LogP contribution in [-0.4, -0.2) is 36.3 Å². The lowest BCUT2D eigenvalue weighted by atomic mass is 9.84. The van der Waals surface area contributed by atoms with Gasteiger partial charge in [0.25, 0.3) is 5.91 Å². The summed E-state index contributed by atoms with van der Waals surface area (Å²) in [6.07, 6.45) is 3.06. The van der Waals surface area contributed by atoms with Crippen molar-refractivity contribution >= 4 is 11.7 Å². The van der Waals surface area contributed by atoms with Crippen molar-refractivity contribution in [3.8, 4) is 0 Å². The number of carbonyl (C=O) groups is 1. The molecule has 172 valence electrons. The number of rotatable bonds is 9. The zero-order chi connectivity index (χ0) is 23.3. The van der Waals surface area contributed by atoms with Crippen molar-refractivity contribution in [3.05, 3.63) is 70.3 Å². The lowest BCUT2D eigenvalue weighted by molar-refractivity contribution is -0.145. The molecule has 1 aliphatic heterocycles. The Kier molecular flexibility index (Phi) is 7.58. The van der Waals surface area contributed by atoms with Gasteiger partial charge in [-0.3, -0.25) is 15.1 Å². The fraction of sp³-hybridized carbons (Fsp3) is 0.417. The highest BCUT2D eigenvalue weighted by molar-refractivity contribution is 5.95. The van der Waals surface area contributed by atoms with E-state index in [9.17, 15) is 4.79 Å². The number of nitrogens with two attached hydrogens (primary N) is 2. The van der Waals surface area contributed by atoms with E-state index < -0.39 is 28.7 Å². The molecule has 2 aromatic rings. The quantitative estimate of drug-likeness (QED) is 0.408. The summed E-state index contributed by atoms with van der Waals surface area (Å²) in [5, 5.41) is 7.52. The molecule has 1 atom stereocenters. The van der Waals surface area contributed by atoms with Gasteiger partial charge in [-0.1, -0.05) is 36.8 Å². The average molecular weight is 445 g/mol. The second-order valence-electron chi connectivity index (χ2n) is 8.14. The van der Waals surface area contributed by atoms with E-state index in [1.54, 1.807) is 31.2 Å². The van der Waals surface area contributed by atoms with E-state index in [0.29, 0.717) is 23.2 Å². The third-order valence-corrected chi connectivity index (χ3v) is 5.92. The lowest BCUT2D eigenvalue weighted by Crippen LogP contribution is -2.47. The van der Waals surface area contributed by atoms with E-state index in [-0.39, 0.29) is 18.9 Å². The van der Waals surface area contributed by atoms with Gasteiger partial charge >= 0.3 is 0 Å². The Morgan fingerprint density at radius 1 is 1.09 bits per heavy atom. The molecule has 1 fully saturated rings. The molecule has 3 rings (SSSR count). The number of hydrogen-bond acceptors (Lipinski definition) is 4. The van der Waals surface area contributed by atoms with Gasteiger partial charge < -0.3 is 16.2 Å². The molecule has 0 bridgehead atoms. The van der Waals surface area contributed by atoms with Crippen molar-refractivity contribution in [1.29, 1.82) is 5.41 Å². The van der Waals surface area contributed by atoms with Gasteiger partial charge in [0, 0.05) is 30.7 Å². The van der Waals surface area contributed by atoms with E-state index in [1.807, 2.05) is 0 Å². The van der Waals surface area contributed by atoms with Crippen molar-refractivity contribution in [1.82, 2.24) is 4.90 Å². The van der Waals surface area contributed by atoms with Crippen molar-refractivity contribution in [2.24, 2.45) is 11.5 Å². The third-order valence-electron chi connectivity index (χ3n) is 5.92. The molecule has 0 radical (unpaired) electrons. The summed E-state index contributed by atoms with van der Waals surface area (Å²) in [4.78, 5) is 14.8. The van der Waals surface area contributed by atoms with Crippen molar-refractivity contribution in [2.75, 3.05) is 19.7 Å². The summed E-state index contributed by atoms with van der Waals surface area (Å²) >= 11 is 0.